The van der Waals surface area contributed by atoms with Crippen molar-refractivity contribution in [2.75, 3.05) is 12.5 Å². The molecule has 1 aromatic rings. The molecule has 0 radical (unpaired) electrons. The molecule has 0 spiro atoms. The molecule has 7 heteroatoms. The molecule has 28 heavy (non-hydrogen) atoms. The molecule has 0 fully saturated rings. The van der Waals surface area contributed by atoms with Gasteiger partial charge in [0.2, 0.25) is 0 Å². The van der Waals surface area contributed by atoms with E-state index in [1.807, 2.05) is 51.1 Å². The van der Waals surface area contributed by atoms with E-state index in [1.165, 1.54) is 0 Å². The van der Waals surface area contributed by atoms with E-state index < -0.39 is 26.1 Å². The lowest BCUT2D eigenvalue weighted by Crippen LogP contribution is -2.47. The number of nitrogens with one attached hydrogen (secondary N) is 1. The van der Waals surface area contributed by atoms with Crippen LogP contribution in [-0.4, -0.2) is 38.7 Å². The number of hydrogen-bond donors (Lipinski definition) is 2. The molecular weight excluding hydrogens is 390 g/mol. The largest absolute Gasteiger partial charge is 0.444 e. The van der Waals surface area contributed by atoms with Gasteiger partial charge >= 0.3 is 6.09 Å². The third-order valence-electron chi connectivity index (χ3n) is 4.91. The van der Waals surface area contributed by atoms with Crippen molar-refractivity contribution < 1.29 is 18.7 Å². The monoisotopic (exact) mass is 427 g/mol. The van der Waals surface area contributed by atoms with Gasteiger partial charge in [0, 0.05) is 0 Å². The molecule has 160 valence electrons. The van der Waals surface area contributed by atoms with E-state index in [2.05, 4.69) is 51.8 Å². The standard InChI is InChI=1S/C21H37NO4SSi/c1-20(2,3)26-19(23)22-18(16-12-10-9-11-13-16)17(24-15-27)14-25-28(7,8)21(4,5)6/h9-13,17-18,27H,14-15H2,1-8H3,(H,22,23)/t17-,18+/m1/s1. The van der Waals surface area contributed by atoms with Crippen molar-refractivity contribution in [1.29, 1.82) is 0 Å². The Labute approximate surface area is 177 Å². The maximum absolute atomic E-state index is 12.5. The predicted octanol–water partition coefficient (Wildman–Crippen LogP) is 5.55. The fourth-order valence-electron chi connectivity index (χ4n) is 2.33. The highest BCUT2D eigenvalue weighted by molar-refractivity contribution is 7.80. The van der Waals surface area contributed by atoms with Gasteiger partial charge in [-0.25, -0.2) is 4.79 Å². The van der Waals surface area contributed by atoms with Gasteiger partial charge in [-0.1, -0.05) is 51.1 Å². The SMILES string of the molecule is CC(C)(C)OC(=O)N[C@@H](c1ccccc1)[C@@H](CO[Si](C)(C)C(C)(C)C)OCS. The number of hydrogen-bond acceptors (Lipinski definition) is 5. The molecule has 1 amide bonds. The first-order valence-electron chi connectivity index (χ1n) is 9.68. The topological polar surface area (TPSA) is 56.8 Å². The molecule has 0 saturated heterocycles. The van der Waals surface area contributed by atoms with Crippen LogP contribution in [0.1, 0.15) is 53.1 Å². The van der Waals surface area contributed by atoms with Crippen LogP contribution in [0.2, 0.25) is 18.1 Å². The molecule has 0 aliphatic rings. The third-order valence-corrected chi connectivity index (χ3v) is 9.56. The average molecular weight is 428 g/mol. The summed E-state index contributed by atoms with van der Waals surface area (Å²) in [4.78, 5) is 12.5. The molecule has 0 heterocycles. The van der Waals surface area contributed by atoms with Crippen LogP contribution in [0.4, 0.5) is 4.79 Å². The van der Waals surface area contributed by atoms with Crippen molar-refractivity contribution in [1.82, 2.24) is 5.32 Å². The van der Waals surface area contributed by atoms with Gasteiger partial charge in [-0.15, -0.1) is 0 Å². The first-order valence-corrected chi connectivity index (χ1v) is 13.2. The Morgan fingerprint density at radius 2 is 1.68 bits per heavy atom. The molecule has 5 nitrogen and oxygen atoms in total. The second-order valence-corrected chi connectivity index (χ2v) is 14.5. The lowest BCUT2D eigenvalue weighted by molar-refractivity contribution is 0.00765. The van der Waals surface area contributed by atoms with Crippen molar-refractivity contribution in [2.24, 2.45) is 0 Å². The van der Waals surface area contributed by atoms with Crippen LogP contribution in [0, 0.1) is 0 Å². The molecule has 0 aliphatic carbocycles. The number of thiol groups is 1. The normalized spacial score (nSPS) is 15.0. The molecule has 0 bridgehead atoms. The Bertz CT molecular complexity index is 611. The summed E-state index contributed by atoms with van der Waals surface area (Å²) in [5.74, 6) is 0.227. The van der Waals surface area contributed by atoms with Crippen LogP contribution < -0.4 is 5.32 Å². The van der Waals surface area contributed by atoms with Crippen molar-refractivity contribution in [3.05, 3.63) is 35.9 Å². The van der Waals surface area contributed by atoms with E-state index >= 15 is 0 Å². The van der Waals surface area contributed by atoms with Crippen LogP contribution in [0.25, 0.3) is 0 Å². The first-order chi connectivity index (χ1) is 12.8. The van der Waals surface area contributed by atoms with Gasteiger partial charge in [0.1, 0.15) is 11.7 Å². The minimum Gasteiger partial charge on any atom is -0.444 e. The molecule has 0 aliphatic heterocycles. The van der Waals surface area contributed by atoms with Crippen molar-refractivity contribution in [3.8, 4) is 0 Å². The smallest absolute Gasteiger partial charge is 0.408 e. The Morgan fingerprint density at radius 1 is 1.11 bits per heavy atom. The molecular formula is C21H37NO4SSi. The first kappa shape index (κ1) is 25.0. The van der Waals surface area contributed by atoms with E-state index in [0.717, 1.165) is 5.56 Å². The summed E-state index contributed by atoms with van der Waals surface area (Å²) in [5.41, 5.74) is 0.349. The summed E-state index contributed by atoms with van der Waals surface area (Å²) >= 11 is 4.24. The van der Waals surface area contributed by atoms with Crippen molar-refractivity contribution in [2.45, 2.75) is 77.4 Å². The number of amides is 1. The zero-order chi connectivity index (χ0) is 21.6. The average Bonchev–Trinajstić information content (AvgIpc) is 2.55. The zero-order valence-corrected chi connectivity index (χ0v) is 20.4. The van der Waals surface area contributed by atoms with Gasteiger partial charge in [-0.2, -0.15) is 12.6 Å². The third kappa shape index (κ3) is 8.15. The second kappa shape index (κ2) is 10.1. The zero-order valence-electron chi connectivity index (χ0n) is 18.5. The number of rotatable bonds is 8. The maximum atomic E-state index is 12.5. The van der Waals surface area contributed by atoms with Crippen LogP contribution in [0.3, 0.4) is 0 Å². The highest BCUT2D eigenvalue weighted by atomic mass is 32.1. The van der Waals surface area contributed by atoms with Gasteiger partial charge < -0.3 is 19.2 Å². The molecule has 0 aromatic heterocycles. The number of carbonyl (C=O) groups excluding carboxylic acids is 1. The summed E-state index contributed by atoms with van der Waals surface area (Å²) in [6.45, 7) is 16.9. The highest BCUT2D eigenvalue weighted by Gasteiger charge is 2.39. The number of carbonyl (C=O) groups is 1. The molecule has 2 atom stereocenters. The molecule has 1 rings (SSSR count). The van der Waals surface area contributed by atoms with Gasteiger partial charge in [-0.05, 0) is 44.5 Å². The van der Waals surface area contributed by atoms with E-state index in [9.17, 15) is 4.79 Å². The highest BCUT2D eigenvalue weighted by Crippen LogP contribution is 2.37. The molecule has 0 unspecified atom stereocenters. The number of benzene rings is 1. The van der Waals surface area contributed by atoms with Gasteiger partial charge in [0.25, 0.3) is 0 Å². The van der Waals surface area contributed by atoms with Crippen LogP contribution in [0.15, 0.2) is 30.3 Å². The predicted molar refractivity (Wildman–Crippen MR) is 120 cm³/mol. The van der Waals surface area contributed by atoms with Crippen molar-refractivity contribution >= 4 is 27.0 Å². The van der Waals surface area contributed by atoms with Gasteiger partial charge in [-0.3, -0.25) is 0 Å². The quantitative estimate of drug-likeness (QED) is 0.324. The Balaban J connectivity index is 3.07. The number of ether oxygens (including phenoxy) is 2. The number of alkyl carbamates (subject to hydrolysis) is 1. The minimum atomic E-state index is -1.97. The molecule has 1 N–H and O–H groups in total. The van der Waals surface area contributed by atoms with Gasteiger partial charge in [0.15, 0.2) is 8.32 Å². The summed E-state index contributed by atoms with van der Waals surface area (Å²) in [6, 6.07) is 9.33. The Morgan fingerprint density at radius 3 is 2.14 bits per heavy atom. The van der Waals surface area contributed by atoms with E-state index in [1.54, 1.807) is 0 Å². The van der Waals surface area contributed by atoms with Crippen LogP contribution >= 0.6 is 12.6 Å². The lowest BCUT2D eigenvalue weighted by Gasteiger charge is -2.38. The molecule has 0 saturated carbocycles. The second-order valence-electron chi connectivity index (χ2n) is 9.44. The summed E-state index contributed by atoms with van der Waals surface area (Å²) in [6.07, 6.45) is -0.872. The minimum absolute atomic E-state index is 0.0827. The van der Waals surface area contributed by atoms with E-state index in [0.29, 0.717) is 6.61 Å². The summed E-state index contributed by atoms with van der Waals surface area (Å²) in [5, 5.41) is 3.05. The van der Waals surface area contributed by atoms with Crippen LogP contribution in [-0.2, 0) is 13.9 Å². The summed E-state index contributed by atoms with van der Waals surface area (Å²) in [7, 11) is -1.97. The summed E-state index contributed by atoms with van der Waals surface area (Å²) < 4.78 is 17.7. The lowest BCUT2D eigenvalue weighted by atomic mass is 10.0. The van der Waals surface area contributed by atoms with Crippen molar-refractivity contribution in [3.63, 3.8) is 0 Å². The molecule has 1 aromatic carbocycles. The van der Waals surface area contributed by atoms with Gasteiger partial charge in [0.05, 0.1) is 18.6 Å². The van der Waals surface area contributed by atoms with E-state index in [4.69, 9.17) is 13.9 Å². The fraction of sp³-hybridized carbons (Fsp3) is 0.667. The van der Waals surface area contributed by atoms with Crippen LogP contribution in [0.5, 0.6) is 0 Å². The fourth-order valence-corrected chi connectivity index (χ4v) is 3.53. The Kier molecular flexibility index (Phi) is 9.06. The maximum Gasteiger partial charge on any atom is 0.408 e. The Hall–Kier alpha value is -1.02. The van der Waals surface area contributed by atoms with E-state index in [-0.39, 0.29) is 17.1 Å².